The number of hydrogen-bond donors (Lipinski definition) is 1. The Morgan fingerprint density at radius 1 is 1.20 bits per heavy atom. The van der Waals surface area contributed by atoms with Gasteiger partial charge >= 0.3 is 0 Å². The van der Waals surface area contributed by atoms with Crippen molar-refractivity contribution in [2.24, 2.45) is 5.73 Å². The zero-order valence-electron chi connectivity index (χ0n) is 9.41. The number of nitrogens with two attached hydrogens (primary N) is 1. The molecule has 0 radical (unpaired) electrons. The molecule has 1 rings (SSSR count). The topological polar surface area (TPSA) is 46.3 Å². The van der Waals surface area contributed by atoms with E-state index in [-0.39, 0.29) is 0 Å². The molecular formula is C11H22N2OS. The lowest BCUT2D eigenvalue weighted by molar-refractivity contribution is -0.128. The van der Waals surface area contributed by atoms with Gasteiger partial charge in [0, 0.05) is 13.1 Å². The molecule has 4 heteroatoms. The van der Waals surface area contributed by atoms with Crippen molar-refractivity contribution in [1.82, 2.24) is 4.90 Å². The molecule has 0 atom stereocenters. The van der Waals surface area contributed by atoms with Crippen molar-refractivity contribution in [1.29, 1.82) is 0 Å². The molecule has 1 heterocycles. The molecule has 2 N–H and O–H groups in total. The van der Waals surface area contributed by atoms with E-state index in [2.05, 4.69) is 0 Å². The van der Waals surface area contributed by atoms with Crippen LogP contribution in [0.5, 0.6) is 0 Å². The van der Waals surface area contributed by atoms with Crippen LogP contribution in [-0.2, 0) is 4.79 Å². The molecule has 0 aromatic rings. The average molecular weight is 230 g/mol. The summed E-state index contributed by atoms with van der Waals surface area (Å²) in [6.07, 6.45) is 5.94. The largest absolute Gasteiger partial charge is 0.342 e. The molecule has 15 heavy (non-hydrogen) atoms. The Balaban J connectivity index is 2.14. The molecule has 1 fully saturated rings. The molecule has 1 aliphatic rings. The highest BCUT2D eigenvalue weighted by Gasteiger charge is 2.14. The van der Waals surface area contributed by atoms with E-state index in [9.17, 15) is 4.79 Å². The van der Waals surface area contributed by atoms with Gasteiger partial charge in [-0.3, -0.25) is 4.79 Å². The van der Waals surface area contributed by atoms with E-state index in [4.69, 9.17) is 5.73 Å². The van der Waals surface area contributed by atoms with Gasteiger partial charge in [-0.25, -0.2) is 0 Å². The van der Waals surface area contributed by atoms with Crippen molar-refractivity contribution in [3.05, 3.63) is 0 Å². The fraction of sp³-hybridized carbons (Fsp3) is 0.909. The van der Waals surface area contributed by atoms with Gasteiger partial charge < -0.3 is 10.6 Å². The SMILES string of the molecule is NCCCSCC(=O)N1CCCCCC1. The number of nitrogens with zero attached hydrogens (tertiary/aromatic N) is 1. The minimum atomic E-state index is 0.318. The highest BCUT2D eigenvalue weighted by molar-refractivity contribution is 7.99. The van der Waals surface area contributed by atoms with Crippen LogP contribution in [0.25, 0.3) is 0 Å². The number of rotatable bonds is 5. The molecule has 0 aromatic carbocycles. The van der Waals surface area contributed by atoms with E-state index in [1.807, 2.05) is 4.90 Å². The first-order chi connectivity index (χ1) is 7.34. The molecule has 3 nitrogen and oxygen atoms in total. The molecule has 0 aromatic heterocycles. The van der Waals surface area contributed by atoms with Gasteiger partial charge in [0.25, 0.3) is 0 Å². The molecular weight excluding hydrogens is 208 g/mol. The molecule has 0 spiro atoms. The van der Waals surface area contributed by atoms with Crippen LogP contribution in [0.3, 0.4) is 0 Å². The second-order valence-electron chi connectivity index (χ2n) is 3.99. The Hall–Kier alpha value is -0.220. The monoisotopic (exact) mass is 230 g/mol. The van der Waals surface area contributed by atoms with Gasteiger partial charge in [0.05, 0.1) is 5.75 Å². The highest BCUT2D eigenvalue weighted by Crippen LogP contribution is 2.11. The summed E-state index contributed by atoms with van der Waals surface area (Å²) in [4.78, 5) is 13.8. The molecule has 1 aliphatic heterocycles. The third-order valence-corrected chi connectivity index (χ3v) is 3.71. The molecule has 0 saturated carbocycles. The van der Waals surface area contributed by atoms with E-state index in [0.29, 0.717) is 11.7 Å². The Labute approximate surface area is 96.8 Å². The number of amides is 1. The summed E-state index contributed by atoms with van der Waals surface area (Å²) < 4.78 is 0. The van der Waals surface area contributed by atoms with E-state index in [1.165, 1.54) is 25.7 Å². The van der Waals surface area contributed by atoms with Crippen molar-refractivity contribution in [2.75, 3.05) is 31.1 Å². The first-order valence-corrected chi connectivity index (χ1v) is 7.05. The van der Waals surface area contributed by atoms with Crippen LogP contribution in [0.4, 0.5) is 0 Å². The van der Waals surface area contributed by atoms with E-state index >= 15 is 0 Å². The second kappa shape index (κ2) is 7.99. The maximum atomic E-state index is 11.8. The first kappa shape index (κ1) is 12.8. The smallest absolute Gasteiger partial charge is 0.232 e. The van der Waals surface area contributed by atoms with Gasteiger partial charge in [-0.05, 0) is 31.6 Å². The molecule has 0 bridgehead atoms. The summed E-state index contributed by atoms with van der Waals surface area (Å²) in [6, 6.07) is 0. The molecule has 1 amide bonds. The first-order valence-electron chi connectivity index (χ1n) is 5.90. The Kier molecular flexibility index (Phi) is 6.85. The third kappa shape index (κ3) is 5.42. The number of thioether (sulfide) groups is 1. The van der Waals surface area contributed by atoms with Crippen molar-refractivity contribution in [2.45, 2.75) is 32.1 Å². The minimum absolute atomic E-state index is 0.318. The van der Waals surface area contributed by atoms with Gasteiger partial charge in [0.1, 0.15) is 0 Å². The van der Waals surface area contributed by atoms with E-state index < -0.39 is 0 Å². The van der Waals surface area contributed by atoms with Gasteiger partial charge in [-0.1, -0.05) is 12.8 Å². The molecule has 88 valence electrons. The van der Waals surface area contributed by atoms with Crippen LogP contribution in [0.2, 0.25) is 0 Å². The zero-order valence-corrected chi connectivity index (χ0v) is 10.2. The predicted octanol–water partition coefficient (Wildman–Crippen LogP) is 1.47. The number of carbonyl (C=O) groups is 1. The number of likely N-dealkylation sites (tertiary alicyclic amines) is 1. The minimum Gasteiger partial charge on any atom is -0.342 e. The summed E-state index contributed by atoms with van der Waals surface area (Å²) in [5, 5.41) is 0. The summed E-state index contributed by atoms with van der Waals surface area (Å²) in [5.41, 5.74) is 5.40. The van der Waals surface area contributed by atoms with Crippen LogP contribution in [-0.4, -0.2) is 41.9 Å². The highest BCUT2D eigenvalue weighted by atomic mass is 32.2. The zero-order chi connectivity index (χ0) is 10.9. The third-order valence-electron chi connectivity index (χ3n) is 2.68. The quantitative estimate of drug-likeness (QED) is 0.728. The lowest BCUT2D eigenvalue weighted by atomic mass is 10.2. The average Bonchev–Trinajstić information content (AvgIpc) is 2.52. The van der Waals surface area contributed by atoms with Crippen molar-refractivity contribution >= 4 is 17.7 Å². The van der Waals surface area contributed by atoms with Crippen LogP contribution in [0.1, 0.15) is 32.1 Å². The predicted molar refractivity (Wildman–Crippen MR) is 66.0 cm³/mol. The summed E-state index contributed by atoms with van der Waals surface area (Å²) >= 11 is 1.72. The van der Waals surface area contributed by atoms with Gasteiger partial charge in [-0.2, -0.15) is 11.8 Å². The standard InChI is InChI=1S/C11H22N2OS/c12-6-5-9-15-10-11(14)13-7-3-1-2-4-8-13/h1-10,12H2. The van der Waals surface area contributed by atoms with Crippen molar-refractivity contribution in [3.63, 3.8) is 0 Å². The Morgan fingerprint density at radius 3 is 2.47 bits per heavy atom. The van der Waals surface area contributed by atoms with Crippen LogP contribution >= 0.6 is 11.8 Å². The number of hydrogen-bond acceptors (Lipinski definition) is 3. The fourth-order valence-electron chi connectivity index (χ4n) is 1.76. The second-order valence-corrected chi connectivity index (χ2v) is 5.09. The summed E-state index contributed by atoms with van der Waals surface area (Å²) in [5.74, 6) is 1.97. The molecule has 1 saturated heterocycles. The normalized spacial score (nSPS) is 17.5. The Morgan fingerprint density at radius 2 is 1.87 bits per heavy atom. The Bertz CT molecular complexity index is 179. The summed E-state index contributed by atoms with van der Waals surface area (Å²) in [6.45, 7) is 2.66. The van der Waals surface area contributed by atoms with Gasteiger partial charge in [-0.15, -0.1) is 0 Å². The van der Waals surface area contributed by atoms with Gasteiger partial charge in [0.15, 0.2) is 0 Å². The van der Waals surface area contributed by atoms with Crippen molar-refractivity contribution in [3.8, 4) is 0 Å². The van der Waals surface area contributed by atoms with Crippen LogP contribution in [0.15, 0.2) is 0 Å². The van der Waals surface area contributed by atoms with Crippen LogP contribution in [0, 0.1) is 0 Å². The van der Waals surface area contributed by atoms with Gasteiger partial charge in [0.2, 0.25) is 5.91 Å². The molecule has 0 unspecified atom stereocenters. The maximum Gasteiger partial charge on any atom is 0.232 e. The van der Waals surface area contributed by atoms with Crippen molar-refractivity contribution < 1.29 is 4.79 Å². The maximum absolute atomic E-state index is 11.8. The lowest BCUT2D eigenvalue weighted by Crippen LogP contribution is -2.33. The summed E-state index contributed by atoms with van der Waals surface area (Å²) in [7, 11) is 0. The molecule has 0 aliphatic carbocycles. The fourth-order valence-corrected chi connectivity index (χ4v) is 2.63. The number of carbonyl (C=O) groups excluding carboxylic acids is 1. The lowest BCUT2D eigenvalue weighted by Gasteiger charge is -2.19. The van der Waals surface area contributed by atoms with Crippen LogP contribution < -0.4 is 5.73 Å². The van der Waals surface area contributed by atoms with E-state index in [0.717, 1.165) is 31.8 Å². The van der Waals surface area contributed by atoms with E-state index in [1.54, 1.807) is 11.8 Å².